The number of hydrogen-bond acceptors (Lipinski definition) is 5. The van der Waals surface area contributed by atoms with Gasteiger partial charge in [-0.15, -0.1) is 0 Å². The number of pyridine rings is 1. The maximum atomic E-state index is 12.8. The zero-order chi connectivity index (χ0) is 20.8. The standard InChI is InChI=1S/C24H27N3O3/c1-27-13-20-23(24(27)29)19(11-17(25-20)12-21(28)15-6-7-15)26-18-9-8-16(10-22(18)30-2)14-4-3-5-14/h8-11,14-15H,3-7,12-13H2,1-2H3,(H,25,26). The van der Waals surface area contributed by atoms with E-state index in [1.165, 1.54) is 24.8 Å². The molecule has 0 bridgehead atoms. The van der Waals surface area contributed by atoms with Crippen molar-refractivity contribution >= 4 is 23.1 Å². The van der Waals surface area contributed by atoms with Gasteiger partial charge in [-0.25, -0.2) is 0 Å². The molecule has 2 aromatic rings. The summed E-state index contributed by atoms with van der Waals surface area (Å²) >= 11 is 0. The topological polar surface area (TPSA) is 71.5 Å². The number of nitrogens with zero attached hydrogens (tertiary/aromatic N) is 2. The summed E-state index contributed by atoms with van der Waals surface area (Å²) < 4.78 is 5.65. The van der Waals surface area contributed by atoms with Crippen molar-refractivity contribution in [2.45, 2.75) is 51.0 Å². The molecule has 0 spiro atoms. The number of fused-ring (bicyclic) bond motifs is 1. The summed E-state index contributed by atoms with van der Waals surface area (Å²) in [4.78, 5) is 31.4. The summed E-state index contributed by atoms with van der Waals surface area (Å²) in [6, 6.07) is 8.12. The molecular formula is C24H27N3O3. The first-order valence-electron chi connectivity index (χ1n) is 10.8. The predicted molar refractivity (Wildman–Crippen MR) is 114 cm³/mol. The fourth-order valence-corrected chi connectivity index (χ4v) is 4.37. The first-order valence-corrected chi connectivity index (χ1v) is 10.8. The minimum Gasteiger partial charge on any atom is -0.495 e. The third kappa shape index (κ3) is 3.44. The lowest BCUT2D eigenvalue weighted by Crippen LogP contribution is -2.18. The van der Waals surface area contributed by atoms with E-state index in [0.29, 0.717) is 30.1 Å². The van der Waals surface area contributed by atoms with E-state index < -0.39 is 0 Å². The van der Waals surface area contributed by atoms with Crippen molar-refractivity contribution in [2.24, 2.45) is 5.92 Å². The number of aromatic nitrogens is 1. The van der Waals surface area contributed by atoms with Gasteiger partial charge in [0.25, 0.3) is 5.91 Å². The van der Waals surface area contributed by atoms with Gasteiger partial charge < -0.3 is 15.0 Å². The van der Waals surface area contributed by atoms with E-state index in [1.807, 2.05) is 12.1 Å². The van der Waals surface area contributed by atoms with Crippen molar-refractivity contribution in [1.29, 1.82) is 0 Å². The van der Waals surface area contributed by atoms with Gasteiger partial charge in [0.2, 0.25) is 0 Å². The maximum Gasteiger partial charge on any atom is 0.257 e. The van der Waals surface area contributed by atoms with E-state index >= 15 is 0 Å². The summed E-state index contributed by atoms with van der Waals surface area (Å²) in [5.74, 6) is 1.77. The second kappa shape index (κ2) is 7.42. The van der Waals surface area contributed by atoms with Crippen molar-refractivity contribution in [3.05, 3.63) is 46.8 Å². The lowest BCUT2D eigenvalue weighted by molar-refractivity contribution is -0.119. The van der Waals surface area contributed by atoms with Crippen molar-refractivity contribution in [3.63, 3.8) is 0 Å². The van der Waals surface area contributed by atoms with Crippen LogP contribution in [0.5, 0.6) is 5.75 Å². The van der Waals surface area contributed by atoms with Crippen molar-refractivity contribution in [3.8, 4) is 5.75 Å². The summed E-state index contributed by atoms with van der Waals surface area (Å²) in [6.45, 7) is 0.464. The van der Waals surface area contributed by atoms with Gasteiger partial charge in [0, 0.05) is 19.4 Å². The zero-order valence-electron chi connectivity index (χ0n) is 17.5. The number of benzene rings is 1. The maximum absolute atomic E-state index is 12.8. The number of nitrogens with one attached hydrogen (secondary N) is 1. The molecule has 0 saturated heterocycles. The molecule has 6 heteroatoms. The third-order valence-corrected chi connectivity index (χ3v) is 6.55. The molecule has 0 unspecified atom stereocenters. The van der Waals surface area contributed by atoms with Crippen LogP contribution in [0.2, 0.25) is 0 Å². The fraction of sp³-hybridized carbons (Fsp3) is 0.458. The fourth-order valence-electron chi connectivity index (χ4n) is 4.37. The highest BCUT2D eigenvalue weighted by atomic mass is 16.5. The second-order valence-electron chi connectivity index (χ2n) is 8.77. The molecule has 30 heavy (non-hydrogen) atoms. The number of Topliss-reactive ketones (excluding diaryl/α,β-unsaturated/α-hetero) is 1. The number of amides is 1. The quantitative estimate of drug-likeness (QED) is 0.747. The van der Waals surface area contributed by atoms with Crippen LogP contribution in [0.3, 0.4) is 0 Å². The number of carbonyl (C=O) groups excluding carboxylic acids is 2. The van der Waals surface area contributed by atoms with Crippen molar-refractivity contribution < 1.29 is 14.3 Å². The third-order valence-electron chi connectivity index (χ3n) is 6.55. The van der Waals surface area contributed by atoms with Gasteiger partial charge in [0.1, 0.15) is 11.5 Å². The Balaban J connectivity index is 1.49. The molecule has 6 nitrogen and oxygen atoms in total. The van der Waals surface area contributed by atoms with E-state index in [1.54, 1.807) is 19.1 Å². The van der Waals surface area contributed by atoms with Crippen LogP contribution in [0.25, 0.3) is 0 Å². The zero-order valence-corrected chi connectivity index (χ0v) is 17.5. The van der Waals surface area contributed by atoms with Gasteiger partial charge in [-0.3, -0.25) is 14.6 Å². The molecule has 156 valence electrons. The normalized spacial score (nSPS) is 18.2. The molecule has 2 saturated carbocycles. The Bertz CT molecular complexity index is 1020. The molecular weight excluding hydrogens is 378 g/mol. The smallest absolute Gasteiger partial charge is 0.257 e. The molecule has 0 radical (unpaired) electrons. The van der Waals surface area contributed by atoms with Gasteiger partial charge in [0.05, 0.1) is 42.0 Å². The summed E-state index contributed by atoms with van der Waals surface area (Å²) in [7, 11) is 3.44. The van der Waals surface area contributed by atoms with Gasteiger partial charge >= 0.3 is 0 Å². The summed E-state index contributed by atoms with van der Waals surface area (Å²) in [5.41, 5.74) is 4.86. The summed E-state index contributed by atoms with van der Waals surface area (Å²) in [6.07, 6.45) is 6.04. The predicted octanol–water partition coefficient (Wildman–Crippen LogP) is 4.21. The minimum atomic E-state index is -0.0508. The Morgan fingerprint density at radius 3 is 2.67 bits per heavy atom. The van der Waals surface area contributed by atoms with Gasteiger partial charge in [-0.1, -0.05) is 12.5 Å². The van der Waals surface area contributed by atoms with Crippen LogP contribution in [0, 0.1) is 5.92 Å². The van der Waals surface area contributed by atoms with Crippen LogP contribution in [0.15, 0.2) is 24.3 Å². The number of ether oxygens (including phenoxy) is 1. The number of ketones is 1. The van der Waals surface area contributed by atoms with Gasteiger partial charge in [-0.2, -0.15) is 0 Å². The van der Waals surface area contributed by atoms with Gasteiger partial charge in [-0.05, 0) is 55.4 Å². The molecule has 2 heterocycles. The highest BCUT2D eigenvalue weighted by Crippen LogP contribution is 2.41. The number of carbonyl (C=O) groups is 2. The molecule has 5 rings (SSSR count). The van der Waals surface area contributed by atoms with Crippen LogP contribution < -0.4 is 10.1 Å². The average Bonchev–Trinajstić information content (AvgIpc) is 3.48. The van der Waals surface area contributed by atoms with Crippen LogP contribution in [-0.2, 0) is 17.8 Å². The molecule has 1 N–H and O–H groups in total. The molecule has 1 aromatic heterocycles. The van der Waals surface area contributed by atoms with E-state index in [9.17, 15) is 9.59 Å². The first-order chi connectivity index (χ1) is 14.5. The molecule has 2 aliphatic carbocycles. The first kappa shape index (κ1) is 19.1. The Morgan fingerprint density at radius 1 is 1.20 bits per heavy atom. The molecule has 1 aliphatic heterocycles. The van der Waals surface area contributed by atoms with Crippen molar-refractivity contribution in [1.82, 2.24) is 9.88 Å². The molecule has 2 fully saturated rings. The largest absolute Gasteiger partial charge is 0.495 e. The highest BCUT2D eigenvalue weighted by Gasteiger charge is 2.33. The Kier molecular flexibility index (Phi) is 4.72. The monoisotopic (exact) mass is 405 g/mol. The minimum absolute atomic E-state index is 0.0508. The number of methoxy groups -OCH3 is 1. The van der Waals surface area contributed by atoms with Crippen LogP contribution in [-0.4, -0.2) is 35.7 Å². The average molecular weight is 405 g/mol. The SMILES string of the molecule is COc1cc(C2CCC2)ccc1Nc1cc(CC(=O)C2CC2)nc2c1C(=O)N(C)C2. The number of anilines is 2. The molecule has 0 atom stereocenters. The lowest BCUT2D eigenvalue weighted by Gasteiger charge is -2.26. The van der Waals surface area contributed by atoms with E-state index in [-0.39, 0.29) is 17.6 Å². The van der Waals surface area contributed by atoms with Crippen molar-refractivity contribution in [2.75, 3.05) is 19.5 Å². The lowest BCUT2D eigenvalue weighted by atomic mass is 9.80. The number of rotatable bonds is 7. The van der Waals surface area contributed by atoms with E-state index in [2.05, 4.69) is 22.4 Å². The summed E-state index contributed by atoms with van der Waals surface area (Å²) in [5, 5.41) is 3.41. The van der Waals surface area contributed by atoms with Crippen LogP contribution >= 0.6 is 0 Å². The van der Waals surface area contributed by atoms with Gasteiger partial charge in [0.15, 0.2) is 0 Å². The van der Waals surface area contributed by atoms with Crippen LogP contribution in [0.4, 0.5) is 11.4 Å². The second-order valence-corrected chi connectivity index (χ2v) is 8.77. The Morgan fingerprint density at radius 2 is 2.00 bits per heavy atom. The Labute approximate surface area is 176 Å². The molecule has 3 aliphatic rings. The van der Waals surface area contributed by atoms with Crippen LogP contribution in [0.1, 0.15) is 65.3 Å². The Hall–Kier alpha value is -2.89. The highest BCUT2D eigenvalue weighted by molar-refractivity contribution is 6.03. The van der Waals surface area contributed by atoms with E-state index in [0.717, 1.165) is 35.7 Å². The molecule has 1 aromatic carbocycles. The number of hydrogen-bond donors (Lipinski definition) is 1. The van der Waals surface area contributed by atoms with E-state index in [4.69, 9.17) is 4.74 Å². The molecule has 1 amide bonds.